The number of ether oxygens (including phenoxy) is 2. The minimum Gasteiger partial charge on any atom is -0.496 e. The highest BCUT2D eigenvalue weighted by Gasteiger charge is 2.11. The van der Waals surface area contributed by atoms with Gasteiger partial charge >= 0.3 is 5.97 Å². The predicted molar refractivity (Wildman–Crippen MR) is 92.3 cm³/mol. The number of amides is 1. The number of hydrogen-bond acceptors (Lipinski definition) is 4. The van der Waals surface area contributed by atoms with Gasteiger partial charge in [-0.15, -0.1) is 0 Å². The molecule has 0 spiro atoms. The van der Waals surface area contributed by atoms with Crippen LogP contribution in [0.25, 0.3) is 0 Å². The molecule has 0 saturated carbocycles. The Bertz CT molecular complexity index is 766. The van der Waals surface area contributed by atoms with Crippen LogP contribution in [0.4, 0.5) is 10.1 Å². The van der Waals surface area contributed by atoms with Crippen LogP contribution in [0.1, 0.15) is 12.0 Å². The first-order valence-corrected chi connectivity index (χ1v) is 7.90. The van der Waals surface area contributed by atoms with Crippen molar-refractivity contribution in [3.8, 4) is 5.75 Å². The second kappa shape index (κ2) is 9.03. The lowest BCUT2D eigenvalue weighted by atomic mass is 10.1. The number of hydrogen-bond donors (Lipinski definition) is 1. The van der Waals surface area contributed by atoms with Crippen molar-refractivity contribution >= 4 is 29.2 Å². The molecule has 1 amide bonds. The topological polar surface area (TPSA) is 64.6 Å². The van der Waals surface area contributed by atoms with Crippen LogP contribution in [0.2, 0.25) is 5.02 Å². The minimum absolute atomic E-state index is 0.105. The zero-order chi connectivity index (χ0) is 18.2. The predicted octanol–water partition coefficient (Wildman–Crippen LogP) is 3.60. The first-order valence-electron chi connectivity index (χ1n) is 7.52. The number of rotatable bonds is 7. The number of methoxy groups -OCH3 is 1. The second-order valence-electron chi connectivity index (χ2n) is 5.15. The van der Waals surface area contributed by atoms with Crippen LogP contribution in [0.5, 0.6) is 5.75 Å². The van der Waals surface area contributed by atoms with E-state index in [2.05, 4.69) is 5.32 Å². The zero-order valence-corrected chi connectivity index (χ0v) is 14.3. The third kappa shape index (κ3) is 5.76. The molecule has 7 heteroatoms. The molecule has 0 fully saturated rings. The van der Waals surface area contributed by atoms with Crippen LogP contribution in [0.15, 0.2) is 42.5 Å². The highest BCUT2D eigenvalue weighted by Crippen LogP contribution is 2.20. The normalized spacial score (nSPS) is 10.2. The van der Waals surface area contributed by atoms with Crippen molar-refractivity contribution in [2.24, 2.45) is 0 Å². The molecule has 2 rings (SSSR count). The number of carbonyl (C=O) groups is 2. The first kappa shape index (κ1) is 18.7. The Hall–Kier alpha value is -2.60. The Kier molecular flexibility index (Phi) is 6.77. The maximum Gasteiger partial charge on any atom is 0.306 e. The van der Waals surface area contributed by atoms with Gasteiger partial charge in [-0.05, 0) is 36.2 Å². The lowest BCUT2D eigenvalue weighted by Gasteiger charge is -2.09. The van der Waals surface area contributed by atoms with E-state index in [0.29, 0.717) is 17.9 Å². The van der Waals surface area contributed by atoms with Crippen molar-refractivity contribution in [1.82, 2.24) is 0 Å². The summed E-state index contributed by atoms with van der Waals surface area (Å²) in [5, 5.41) is 2.37. The smallest absolute Gasteiger partial charge is 0.306 e. The number of benzene rings is 2. The maximum absolute atomic E-state index is 13.0. The van der Waals surface area contributed by atoms with E-state index in [-0.39, 0.29) is 11.4 Å². The standard InChI is InChI=1S/C18H17ClFNO4/c1-24-16-5-3-2-4-12(16)6-9-18(23)25-11-17(22)21-13-7-8-15(20)14(19)10-13/h2-5,7-8,10H,6,9,11H2,1H3,(H,21,22). The van der Waals surface area contributed by atoms with Crippen molar-refractivity contribution < 1.29 is 23.5 Å². The molecule has 0 radical (unpaired) electrons. The van der Waals surface area contributed by atoms with Crippen LogP contribution in [-0.2, 0) is 20.7 Å². The Morgan fingerprint density at radius 2 is 1.96 bits per heavy atom. The van der Waals surface area contributed by atoms with Gasteiger partial charge in [-0.1, -0.05) is 29.8 Å². The Morgan fingerprint density at radius 1 is 1.20 bits per heavy atom. The van der Waals surface area contributed by atoms with E-state index in [1.165, 1.54) is 12.1 Å². The summed E-state index contributed by atoms with van der Waals surface area (Å²) in [5.41, 5.74) is 1.20. The summed E-state index contributed by atoms with van der Waals surface area (Å²) in [6, 6.07) is 11.1. The molecule has 0 unspecified atom stereocenters. The summed E-state index contributed by atoms with van der Waals surface area (Å²) in [4.78, 5) is 23.5. The van der Waals surface area contributed by atoms with Crippen molar-refractivity contribution in [3.05, 3.63) is 58.9 Å². The third-order valence-corrected chi connectivity index (χ3v) is 3.65. The summed E-state index contributed by atoms with van der Waals surface area (Å²) in [7, 11) is 1.56. The molecule has 2 aromatic rings. The lowest BCUT2D eigenvalue weighted by molar-refractivity contribution is -0.147. The number of halogens is 2. The summed E-state index contributed by atoms with van der Waals surface area (Å²) in [5.74, 6) is -0.921. The molecule has 2 aromatic carbocycles. The SMILES string of the molecule is COc1ccccc1CCC(=O)OCC(=O)Nc1ccc(F)c(Cl)c1. The summed E-state index contributed by atoms with van der Waals surface area (Å²) in [6.07, 6.45) is 0.564. The number of anilines is 1. The Labute approximate surface area is 149 Å². The average molecular weight is 366 g/mol. The highest BCUT2D eigenvalue weighted by atomic mass is 35.5. The van der Waals surface area contributed by atoms with Gasteiger partial charge in [-0.2, -0.15) is 0 Å². The summed E-state index contributed by atoms with van der Waals surface area (Å²) >= 11 is 5.63. The van der Waals surface area contributed by atoms with E-state index in [1.807, 2.05) is 24.3 Å². The van der Waals surface area contributed by atoms with Gasteiger partial charge in [0, 0.05) is 12.1 Å². The van der Waals surface area contributed by atoms with Crippen molar-refractivity contribution in [2.45, 2.75) is 12.8 Å². The molecular weight excluding hydrogens is 349 g/mol. The maximum atomic E-state index is 13.0. The number of carbonyl (C=O) groups excluding carboxylic acids is 2. The molecule has 132 valence electrons. The Morgan fingerprint density at radius 3 is 2.68 bits per heavy atom. The molecular formula is C18H17ClFNO4. The molecule has 0 atom stereocenters. The largest absolute Gasteiger partial charge is 0.496 e. The monoisotopic (exact) mass is 365 g/mol. The molecule has 0 bridgehead atoms. The quantitative estimate of drug-likeness (QED) is 0.761. The van der Waals surface area contributed by atoms with Crippen LogP contribution >= 0.6 is 11.6 Å². The fourth-order valence-corrected chi connectivity index (χ4v) is 2.32. The van der Waals surface area contributed by atoms with Crippen molar-refractivity contribution in [3.63, 3.8) is 0 Å². The summed E-state index contributed by atoms with van der Waals surface area (Å²) in [6.45, 7) is -0.431. The molecule has 0 aliphatic rings. The van der Waals surface area contributed by atoms with E-state index in [9.17, 15) is 14.0 Å². The number of esters is 1. The zero-order valence-electron chi connectivity index (χ0n) is 13.6. The highest BCUT2D eigenvalue weighted by molar-refractivity contribution is 6.31. The molecule has 0 saturated heterocycles. The molecule has 0 heterocycles. The lowest BCUT2D eigenvalue weighted by Crippen LogP contribution is -2.21. The van der Waals surface area contributed by atoms with E-state index in [1.54, 1.807) is 7.11 Å². The molecule has 1 N–H and O–H groups in total. The van der Waals surface area contributed by atoms with Crippen LogP contribution in [-0.4, -0.2) is 25.6 Å². The van der Waals surface area contributed by atoms with Gasteiger partial charge in [-0.25, -0.2) is 4.39 Å². The van der Waals surface area contributed by atoms with Gasteiger partial charge in [0.15, 0.2) is 6.61 Å². The van der Waals surface area contributed by atoms with E-state index in [4.69, 9.17) is 21.1 Å². The van der Waals surface area contributed by atoms with E-state index < -0.39 is 24.3 Å². The molecule has 0 aromatic heterocycles. The van der Waals surface area contributed by atoms with Crippen molar-refractivity contribution in [1.29, 1.82) is 0 Å². The Balaban J connectivity index is 1.77. The number of nitrogens with one attached hydrogen (secondary N) is 1. The fraction of sp³-hybridized carbons (Fsp3) is 0.222. The van der Waals surface area contributed by atoms with Gasteiger partial charge in [0.05, 0.1) is 12.1 Å². The average Bonchev–Trinajstić information content (AvgIpc) is 2.61. The number of aryl methyl sites for hydroxylation is 1. The van der Waals surface area contributed by atoms with Crippen LogP contribution < -0.4 is 10.1 Å². The van der Waals surface area contributed by atoms with Crippen LogP contribution in [0.3, 0.4) is 0 Å². The van der Waals surface area contributed by atoms with Gasteiger partial charge < -0.3 is 14.8 Å². The first-order chi connectivity index (χ1) is 12.0. The molecule has 25 heavy (non-hydrogen) atoms. The molecule has 0 aliphatic carbocycles. The minimum atomic E-state index is -0.581. The van der Waals surface area contributed by atoms with Gasteiger partial charge in [0.2, 0.25) is 0 Å². The third-order valence-electron chi connectivity index (χ3n) is 3.36. The van der Waals surface area contributed by atoms with Crippen LogP contribution in [0, 0.1) is 5.82 Å². The second-order valence-corrected chi connectivity index (χ2v) is 5.56. The molecule has 0 aliphatic heterocycles. The molecule has 5 nitrogen and oxygen atoms in total. The van der Waals surface area contributed by atoms with Crippen molar-refractivity contribution in [2.75, 3.05) is 19.0 Å². The van der Waals surface area contributed by atoms with Gasteiger partial charge in [0.1, 0.15) is 11.6 Å². The fourth-order valence-electron chi connectivity index (χ4n) is 2.14. The van der Waals surface area contributed by atoms with E-state index >= 15 is 0 Å². The van der Waals surface area contributed by atoms with E-state index in [0.717, 1.165) is 11.6 Å². The summed E-state index contributed by atoms with van der Waals surface area (Å²) < 4.78 is 23.2. The number of para-hydroxylation sites is 1. The van der Waals surface area contributed by atoms with Gasteiger partial charge in [-0.3, -0.25) is 9.59 Å². The van der Waals surface area contributed by atoms with Gasteiger partial charge in [0.25, 0.3) is 5.91 Å².